The van der Waals surface area contributed by atoms with Crippen LogP contribution in [0.4, 0.5) is 5.69 Å². The van der Waals surface area contributed by atoms with Crippen molar-refractivity contribution in [3.8, 4) is 5.75 Å². The van der Waals surface area contributed by atoms with E-state index in [2.05, 4.69) is 17.0 Å². The van der Waals surface area contributed by atoms with E-state index in [4.69, 9.17) is 9.47 Å². The van der Waals surface area contributed by atoms with Gasteiger partial charge in [-0.1, -0.05) is 36.4 Å². The predicted molar refractivity (Wildman–Crippen MR) is 102 cm³/mol. The average molecular weight is 387 g/mol. The molecule has 0 radical (unpaired) electrons. The molecule has 150 valence electrons. The van der Waals surface area contributed by atoms with E-state index in [1.807, 2.05) is 30.3 Å². The first-order chi connectivity index (χ1) is 13.6. The van der Waals surface area contributed by atoms with E-state index in [1.165, 1.54) is 5.56 Å². The monoisotopic (exact) mass is 387 g/mol. The number of aliphatic hydroxyl groups is 4. The average Bonchev–Trinajstić information content (AvgIpc) is 2.73. The van der Waals surface area contributed by atoms with Gasteiger partial charge in [-0.25, -0.2) is 0 Å². The molecule has 0 aliphatic carbocycles. The van der Waals surface area contributed by atoms with Crippen LogP contribution < -0.4 is 9.64 Å². The number of ether oxygens (including phenoxy) is 2. The van der Waals surface area contributed by atoms with E-state index in [0.717, 1.165) is 18.8 Å². The third-order valence-corrected chi connectivity index (χ3v) is 5.38. The Labute approximate surface area is 163 Å². The number of anilines is 1. The minimum atomic E-state index is -1.40. The van der Waals surface area contributed by atoms with Gasteiger partial charge < -0.3 is 34.8 Å². The van der Waals surface area contributed by atoms with Crippen LogP contribution in [0.15, 0.2) is 48.5 Å². The van der Waals surface area contributed by atoms with Crippen LogP contribution in [0.3, 0.4) is 0 Å². The molecule has 5 atom stereocenters. The van der Waals surface area contributed by atoms with Crippen LogP contribution in [0.5, 0.6) is 5.75 Å². The predicted octanol–water partition coefficient (Wildman–Crippen LogP) is 0.600. The van der Waals surface area contributed by atoms with Crippen molar-refractivity contribution >= 4 is 5.69 Å². The molecule has 0 spiro atoms. The van der Waals surface area contributed by atoms with E-state index in [1.54, 1.807) is 6.07 Å². The van der Waals surface area contributed by atoms with Gasteiger partial charge >= 0.3 is 0 Å². The number of fused-ring (bicyclic) bond motifs is 1. The van der Waals surface area contributed by atoms with Crippen molar-refractivity contribution in [2.45, 2.75) is 37.1 Å². The highest BCUT2D eigenvalue weighted by molar-refractivity contribution is 5.61. The number of hydrogen-bond donors (Lipinski definition) is 4. The molecule has 7 heteroatoms. The van der Waals surface area contributed by atoms with Crippen molar-refractivity contribution < 1.29 is 29.9 Å². The largest absolute Gasteiger partial charge is 0.490 e. The quantitative estimate of drug-likeness (QED) is 0.609. The molecular formula is C21H25NO6. The molecule has 1 fully saturated rings. The molecule has 28 heavy (non-hydrogen) atoms. The highest BCUT2D eigenvalue weighted by atomic mass is 16.5. The Kier molecular flexibility index (Phi) is 5.52. The molecular weight excluding hydrogens is 362 g/mol. The standard InChI is InChI=1S/C21H25NO6/c23-12-17-18(24)19(25)20(26)21(28-17)14-6-7-15-16(10-14)27-9-8-22(15)11-13-4-2-1-3-5-13/h1-7,10,17-21,23-26H,8-9,11-12H2/t17-,18-,19+,20-,21+/m1/s1. The summed E-state index contributed by atoms with van der Waals surface area (Å²) in [5.41, 5.74) is 2.77. The molecule has 0 bridgehead atoms. The van der Waals surface area contributed by atoms with E-state index < -0.39 is 37.1 Å². The summed E-state index contributed by atoms with van der Waals surface area (Å²) < 4.78 is 11.5. The van der Waals surface area contributed by atoms with Crippen LogP contribution in [-0.2, 0) is 11.3 Å². The zero-order valence-corrected chi connectivity index (χ0v) is 15.4. The summed E-state index contributed by atoms with van der Waals surface area (Å²) in [6, 6.07) is 15.7. The lowest BCUT2D eigenvalue weighted by atomic mass is 9.91. The summed E-state index contributed by atoms with van der Waals surface area (Å²) in [5.74, 6) is 0.677. The van der Waals surface area contributed by atoms with Crippen LogP contribution in [0, 0.1) is 0 Å². The molecule has 2 aromatic carbocycles. The second-order valence-electron chi connectivity index (χ2n) is 7.23. The molecule has 2 aliphatic heterocycles. The maximum Gasteiger partial charge on any atom is 0.143 e. The first-order valence-electron chi connectivity index (χ1n) is 9.44. The van der Waals surface area contributed by atoms with Gasteiger partial charge in [-0.05, 0) is 23.3 Å². The Balaban J connectivity index is 1.58. The van der Waals surface area contributed by atoms with Gasteiger partial charge in [-0.3, -0.25) is 0 Å². The molecule has 0 unspecified atom stereocenters. The van der Waals surface area contributed by atoms with Crippen molar-refractivity contribution in [1.82, 2.24) is 0 Å². The van der Waals surface area contributed by atoms with Crippen LogP contribution in [0.25, 0.3) is 0 Å². The smallest absolute Gasteiger partial charge is 0.143 e. The summed E-state index contributed by atoms with van der Waals surface area (Å²) in [4.78, 5) is 2.23. The van der Waals surface area contributed by atoms with Gasteiger partial charge in [0.15, 0.2) is 0 Å². The summed E-state index contributed by atoms with van der Waals surface area (Å²) in [6.07, 6.45) is -5.88. The molecule has 4 rings (SSSR count). The maximum absolute atomic E-state index is 10.4. The number of hydrogen-bond acceptors (Lipinski definition) is 7. The second kappa shape index (κ2) is 8.06. The molecule has 1 saturated heterocycles. The van der Waals surface area contributed by atoms with Crippen LogP contribution in [0.1, 0.15) is 17.2 Å². The minimum absolute atomic E-state index is 0.451. The zero-order chi connectivity index (χ0) is 19.7. The van der Waals surface area contributed by atoms with Crippen molar-refractivity contribution in [2.75, 3.05) is 24.7 Å². The SMILES string of the molecule is OC[C@H]1O[C@@H](c2ccc3c(c2)OCCN3Cc2ccccc2)[C@H](O)[C@@H](O)[C@@H]1O. The molecule has 2 aliphatic rings. The molecule has 0 aromatic heterocycles. The Hall–Kier alpha value is -2.16. The second-order valence-corrected chi connectivity index (χ2v) is 7.23. The lowest BCUT2D eigenvalue weighted by molar-refractivity contribution is -0.231. The summed E-state index contributed by atoms with van der Waals surface area (Å²) >= 11 is 0. The van der Waals surface area contributed by atoms with Crippen molar-refractivity contribution in [3.63, 3.8) is 0 Å². The number of aliphatic hydroxyl groups excluding tert-OH is 4. The maximum atomic E-state index is 10.4. The van der Waals surface area contributed by atoms with E-state index >= 15 is 0 Å². The van der Waals surface area contributed by atoms with Gasteiger partial charge in [-0.2, -0.15) is 0 Å². The molecule has 0 saturated carbocycles. The van der Waals surface area contributed by atoms with Gasteiger partial charge in [0.1, 0.15) is 42.9 Å². The topological polar surface area (TPSA) is 103 Å². The Morgan fingerprint density at radius 1 is 0.964 bits per heavy atom. The highest BCUT2D eigenvalue weighted by Crippen LogP contribution is 2.39. The van der Waals surface area contributed by atoms with Crippen molar-refractivity contribution in [1.29, 1.82) is 0 Å². The zero-order valence-electron chi connectivity index (χ0n) is 15.4. The third kappa shape index (κ3) is 3.59. The molecule has 2 aromatic rings. The third-order valence-electron chi connectivity index (χ3n) is 5.38. The lowest BCUT2D eigenvalue weighted by Crippen LogP contribution is -2.55. The van der Waals surface area contributed by atoms with Crippen molar-refractivity contribution in [3.05, 3.63) is 59.7 Å². The summed E-state index contributed by atoms with van der Waals surface area (Å²) in [6.45, 7) is 1.61. The Bertz CT molecular complexity index is 799. The Morgan fingerprint density at radius 3 is 2.50 bits per heavy atom. The molecule has 2 heterocycles. The lowest BCUT2D eigenvalue weighted by Gasteiger charge is -2.40. The minimum Gasteiger partial charge on any atom is -0.490 e. The van der Waals surface area contributed by atoms with E-state index in [0.29, 0.717) is 17.9 Å². The normalized spacial score (nSPS) is 29.9. The first kappa shape index (κ1) is 19.2. The van der Waals surface area contributed by atoms with Crippen LogP contribution in [0.2, 0.25) is 0 Å². The number of nitrogens with zero attached hydrogens (tertiary/aromatic N) is 1. The van der Waals surface area contributed by atoms with Gasteiger partial charge in [0, 0.05) is 6.54 Å². The van der Waals surface area contributed by atoms with Gasteiger partial charge in [0.05, 0.1) is 18.8 Å². The fourth-order valence-electron chi connectivity index (χ4n) is 3.82. The number of rotatable bonds is 4. The summed E-state index contributed by atoms with van der Waals surface area (Å²) in [7, 11) is 0. The van der Waals surface area contributed by atoms with Crippen LogP contribution in [-0.4, -0.2) is 64.6 Å². The fraction of sp³-hybridized carbons (Fsp3) is 0.429. The number of benzene rings is 2. The molecule has 7 nitrogen and oxygen atoms in total. The van der Waals surface area contributed by atoms with Gasteiger partial charge in [0.25, 0.3) is 0 Å². The van der Waals surface area contributed by atoms with Gasteiger partial charge in [-0.15, -0.1) is 0 Å². The van der Waals surface area contributed by atoms with Crippen LogP contribution >= 0.6 is 0 Å². The van der Waals surface area contributed by atoms with Gasteiger partial charge in [0.2, 0.25) is 0 Å². The van der Waals surface area contributed by atoms with E-state index in [9.17, 15) is 20.4 Å². The van der Waals surface area contributed by atoms with Crippen molar-refractivity contribution in [2.24, 2.45) is 0 Å². The highest BCUT2D eigenvalue weighted by Gasteiger charge is 2.44. The first-order valence-corrected chi connectivity index (χ1v) is 9.44. The molecule has 0 amide bonds. The Morgan fingerprint density at radius 2 is 1.75 bits per heavy atom. The fourth-order valence-corrected chi connectivity index (χ4v) is 3.82. The summed E-state index contributed by atoms with van der Waals surface area (Å²) in [5, 5.41) is 39.8. The molecule has 4 N–H and O–H groups in total. The van der Waals surface area contributed by atoms with E-state index in [-0.39, 0.29) is 0 Å².